The van der Waals surface area contributed by atoms with Crippen molar-refractivity contribution in [2.24, 2.45) is 0 Å². The fourth-order valence-electron chi connectivity index (χ4n) is 1.62. The molecule has 0 saturated carbocycles. The molecule has 2 rings (SSSR count). The Labute approximate surface area is 106 Å². The first-order valence-corrected chi connectivity index (χ1v) is 5.56. The van der Waals surface area contributed by atoms with Crippen LogP contribution in [0.15, 0.2) is 49.1 Å². The van der Waals surface area contributed by atoms with Gasteiger partial charge in [-0.15, -0.1) is 6.58 Å². The second-order valence-corrected chi connectivity index (χ2v) is 3.81. The number of phenols is 1. The average Bonchev–Trinajstić information content (AvgIpc) is 2.33. The Morgan fingerprint density at radius 2 is 1.89 bits per heavy atom. The first-order valence-electron chi connectivity index (χ1n) is 5.56. The van der Waals surface area contributed by atoms with Crippen LogP contribution in [0.1, 0.15) is 12.5 Å². The van der Waals surface area contributed by atoms with Crippen molar-refractivity contribution in [2.45, 2.75) is 13.3 Å². The van der Waals surface area contributed by atoms with Crippen molar-refractivity contribution < 1.29 is 15.0 Å². The van der Waals surface area contributed by atoms with Gasteiger partial charge in [0.15, 0.2) is 0 Å². The topological polar surface area (TPSA) is 57.5 Å². The minimum absolute atomic E-state index is 0.378. The summed E-state index contributed by atoms with van der Waals surface area (Å²) in [6.07, 6.45) is 2.50. The van der Waals surface area contributed by atoms with Gasteiger partial charge in [0.25, 0.3) is 5.97 Å². The highest BCUT2D eigenvalue weighted by Gasteiger charge is 2.03. The third-order valence-electron chi connectivity index (χ3n) is 2.35. The highest BCUT2D eigenvalue weighted by atomic mass is 16.4. The van der Waals surface area contributed by atoms with Gasteiger partial charge in [-0.1, -0.05) is 42.5 Å². The van der Waals surface area contributed by atoms with Crippen LogP contribution < -0.4 is 0 Å². The number of hydrogen-bond donors (Lipinski definition) is 2. The zero-order valence-corrected chi connectivity index (χ0v) is 10.3. The molecule has 18 heavy (non-hydrogen) atoms. The van der Waals surface area contributed by atoms with Crippen LogP contribution in [-0.4, -0.2) is 16.2 Å². The number of allylic oxidation sites excluding steroid dienone is 1. The molecule has 0 bridgehead atoms. The van der Waals surface area contributed by atoms with Crippen molar-refractivity contribution >= 4 is 16.7 Å². The van der Waals surface area contributed by atoms with Gasteiger partial charge >= 0.3 is 0 Å². The molecule has 0 fully saturated rings. The molecule has 0 radical (unpaired) electrons. The molecular weight excluding hydrogens is 228 g/mol. The normalized spacial score (nSPS) is 9.39. The van der Waals surface area contributed by atoms with E-state index < -0.39 is 5.97 Å². The van der Waals surface area contributed by atoms with E-state index in [0.717, 1.165) is 23.3 Å². The molecule has 0 unspecified atom stereocenters. The van der Waals surface area contributed by atoms with E-state index in [9.17, 15) is 5.11 Å². The minimum Gasteiger partial charge on any atom is -0.507 e. The summed E-state index contributed by atoms with van der Waals surface area (Å²) < 4.78 is 0. The molecule has 0 heterocycles. The average molecular weight is 244 g/mol. The summed E-state index contributed by atoms with van der Waals surface area (Å²) >= 11 is 0. The number of carbonyl (C=O) groups is 1. The smallest absolute Gasteiger partial charge is 0.300 e. The molecule has 0 aromatic heterocycles. The van der Waals surface area contributed by atoms with Crippen molar-refractivity contribution in [1.82, 2.24) is 0 Å². The number of aliphatic carboxylic acids is 1. The van der Waals surface area contributed by atoms with Crippen LogP contribution in [0, 0.1) is 0 Å². The number of carboxylic acids is 1. The molecular formula is C15H16O3. The molecule has 2 aromatic carbocycles. The maximum absolute atomic E-state index is 9.93. The molecule has 0 aliphatic rings. The van der Waals surface area contributed by atoms with E-state index in [0.29, 0.717) is 12.2 Å². The molecule has 0 aliphatic carbocycles. The van der Waals surface area contributed by atoms with E-state index in [1.54, 1.807) is 6.08 Å². The highest BCUT2D eigenvalue weighted by molar-refractivity contribution is 5.89. The molecule has 2 N–H and O–H groups in total. The number of fused-ring (bicyclic) bond motifs is 1. The zero-order chi connectivity index (χ0) is 13.5. The van der Waals surface area contributed by atoms with Gasteiger partial charge in [-0.25, -0.2) is 0 Å². The van der Waals surface area contributed by atoms with Crippen molar-refractivity contribution in [2.75, 3.05) is 0 Å². The van der Waals surface area contributed by atoms with Crippen LogP contribution in [0.2, 0.25) is 0 Å². The molecule has 0 aliphatic heterocycles. The van der Waals surface area contributed by atoms with E-state index in [4.69, 9.17) is 9.90 Å². The number of rotatable bonds is 2. The standard InChI is InChI=1S/C13H12O.C2H4O2/c1-2-5-11-9-8-10-6-3-4-7-12(10)13(11)14;1-2(3)4/h2-4,6-9,14H,1,5H2;1H3,(H,3,4). The molecule has 0 saturated heterocycles. The monoisotopic (exact) mass is 244 g/mol. The number of aromatic hydroxyl groups is 1. The summed E-state index contributed by atoms with van der Waals surface area (Å²) in [7, 11) is 0. The lowest BCUT2D eigenvalue weighted by atomic mass is 10.0. The van der Waals surface area contributed by atoms with Gasteiger partial charge < -0.3 is 10.2 Å². The third kappa shape index (κ3) is 3.63. The van der Waals surface area contributed by atoms with Gasteiger partial charge in [-0.3, -0.25) is 4.79 Å². The third-order valence-corrected chi connectivity index (χ3v) is 2.35. The summed E-state index contributed by atoms with van der Waals surface area (Å²) in [4.78, 5) is 9.00. The maximum atomic E-state index is 9.93. The van der Waals surface area contributed by atoms with Crippen molar-refractivity contribution in [1.29, 1.82) is 0 Å². The fraction of sp³-hybridized carbons (Fsp3) is 0.133. The van der Waals surface area contributed by atoms with Crippen LogP contribution in [0.4, 0.5) is 0 Å². The van der Waals surface area contributed by atoms with Crippen molar-refractivity contribution in [3.05, 3.63) is 54.6 Å². The minimum atomic E-state index is -0.833. The zero-order valence-electron chi connectivity index (χ0n) is 10.3. The van der Waals surface area contributed by atoms with Crippen LogP contribution >= 0.6 is 0 Å². The predicted molar refractivity (Wildman–Crippen MR) is 72.8 cm³/mol. The Hall–Kier alpha value is -2.29. The Kier molecular flexibility index (Phi) is 4.93. The summed E-state index contributed by atoms with van der Waals surface area (Å²) in [6.45, 7) is 4.75. The number of benzene rings is 2. The largest absolute Gasteiger partial charge is 0.507 e. The van der Waals surface area contributed by atoms with Crippen molar-refractivity contribution in [3.8, 4) is 5.75 Å². The molecule has 3 nitrogen and oxygen atoms in total. The summed E-state index contributed by atoms with van der Waals surface area (Å²) in [5, 5.41) is 19.3. The Bertz CT molecular complexity index is 555. The second kappa shape index (κ2) is 6.45. The number of hydrogen-bond acceptors (Lipinski definition) is 2. The maximum Gasteiger partial charge on any atom is 0.300 e. The van der Waals surface area contributed by atoms with Gasteiger partial charge in [0.2, 0.25) is 0 Å². The van der Waals surface area contributed by atoms with Gasteiger partial charge in [-0.05, 0) is 17.4 Å². The van der Waals surface area contributed by atoms with Gasteiger partial charge in [-0.2, -0.15) is 0 Å². The van der Waals surface area contributed by atoms with Crippen LogP contribution in [0.25, 0.3) is 10.8 Å². The van der Waals surface area contributed by atoms with Crippen LogP contribution in [-0.2, 0) is 11.2 Å². The highest BCUT2D eigenvalue weighted by Crippen LogP contribution is 2.28. The Morgan fingerprint density at radius 1 is 1.28 bits per heavy atom. The van der Waals surface area contributed by atoms with E-state index in [1.165, 1.54) is 0 Å². The molecule has 0 atom stereocenters. The quantitative estimate of drug-likeness (QED) is 0.796. The fourth-order valence-corrected chi connectivity index (χ4v) is 1.62. The van der Waals surface area contributed by atoms with Crippen LogP contribution in [0.5, 0.6) is 5.75 Å². The predicted octanol–water partition coefficient (Wildman–Crippen LogP) is 3.36. The lowest BCUT2D eigenvalue weighted by molar-refractivity contribution is -0.134. The first-order chi connectivity index (χ1) is 8.56. The Morgan fingerprint density at radius 3 is 2.50 bits per heavy atom. The van der Waals surface area contributed by atoms with Crippen molar-refractivity contribution in [3.63, 3.8) is 0 Å². The van der Waals surface area contributed by atoms with E-state index in [1.807, 2.05) is 36.4 Å². The van der Waals surface area contributed by atoms with Crippen LogP contribution in [0.3, 0.4) is 0 Å². The Balaban J connectivity index is 0.000000357. The number of phenolic OH excluding ortho intramolecular Hbond substituents is 1. The van der Waals surface area contributed by atoms with E-state index in [-0.39, 0.29) is 0 Å². The van der Waals surface area contributed by atoms with Gasteiger partial charge in [0.05, 0.1) is 0 Å². The molecule has 2 aromatic rings. The second-order valence-electron chi connectivity index (χ2n) is 3.81. The van der Waals surface area contributed by atoms with E-state index >= 15 is 0 Å². The van der Waals surface area contributed by atoms with Gasteiger partial charge in [0.1, 0.15) is 5.75 Å². The molecule has 94 valence electrons. The first kappa shape index (κ1) is 13.8. The lowest BCUT2D eigenvalue weighted by Crippen LogP contribution is -1.83. The lowest BCUT2D eigenvalue weighted by Gasteiger charge is -2.05. The van der Waals surface area contributed by atoms with Gasteiger partial charge in [0, 0.05) is 12.3 Å². The van der Waals surface area contributed by atoms with E-state index in [2.05, 4.69) is 6.58 Å². The summed E-state index contributed by atoms with van der Waals surface area (Å²) in [6, 6.07) is 11.8. The molecule has 0 amide bonds. The molecule has 3 heteroatoms. The number of carboxylic acid groups (broad SMARTS) is 1. The summed E-state index contributed by atoms with van der Waals surface area (Å²) in [5.41, 5.74) is 0.929. The molecule has 0 spiro atoms. The SMILES string of the molecule is C=CCc1ccc2ccccc2c1O.CC(=O)O. The summed E-state index contributed by atoms with van der Waals surface area (Å²) in [5.74, 6) is -0.456.